The van der Waals surface area contributed by atoms with E-state index in [-0.39, 0.29) is 23.4 Å². The molecule has 1 heterocycles. The first-order valence-electron chi connectivity index (χ1n) is 8.77. The fraction of sp³-hybridized carbons (Fsp3) is 0.238. The smallest absolute Gasteiger partial charge is 0.315 e. The monoisotopic (exact) mass is 367 g/mol. The largest absolute Gasteiger partial charge is 0.334 e. The van der Waals surface area contributed by atoms with E-state index < -0.39 is 0 Å². The van der Waals surface area contributed by atoms with E-state index in [1.807, 2.05) is 32.0 Å². The van der Waals surface area contributed by atoms with Crippen molar-refractivity contribution >= 4 is 16.8 Å². The van der Waals surface area contributed by atoms with Crippen molar-refractivity contribution in [2.24, 2.45) is 0 Å². The summed E-state index contributed by atoms with van der Waals surface area (Å²) in [6.07, 6.45) is 0. The molecule has 6 heteroatoms. The zero-order valence-electron chi connectivity index (χ0n) is 15.5. The number of halogens is 1. The van der Waals surface area contributed by atoms with Crippen LogP contribution in [0.1, 0.15) is 35.3 Å². The number of aromatic nitrogens is 1. The third-order valence-corrected chi connectivity index (χ3v) is 4.62. The fourth-order valence-electron chi connectivity index (χ4n) is 3.30. The Morgan fingerprint density at radius 1 is 1.15 bits per heavy atom. The van der Waals surface area contributed by atoms with Crippen LogP contribution in [0.3, 0.4) is 0 Å². The number of benzene rings is 2. The lowest BCUT2D eigenvalue weighted by atomic mass is 9.99. The molecular formula is C21H22FN3O2. The summed E-state index contributed by atoms with van der Waals surface area (Å²) in [5, 5.41) is 7.09. The molecule has 0 bridgehead atoms. The van der Waals surface area contributed by atoms with Crippen molar-refractivity contribution in [1.29, 1.82) is 0 Å². The molecule has 1 atom stereocenters. The molecule has 0 spiro atoms. The third-order valence-electron chi connectivity index (χ3n) is 4.62. The zero-order chi connectivity index (χ0) is 19.6. The normalized spacial score (nSPS) is 12.0. The van der Waals surface area contributed by atoms with E-state index >= 15 is 0 Å². The topological polar surface area (TPSA) is 74.0 Å². The predicted octanol–water partition coefficient (Wildman–Crippen LogP) is 3.84. The van der Waals surface area contributed by atoms with Gasteiger partial charge in [0.1, 0.15) is 5.82 Å². The number of fused-ring (bicyclic) bond motifs is 1. The molecule has 2 amide bonds. The van der Waals surface area contributed by atoms with Crippen LogP contribution in [0.25, 0.3) is 10.8 Å². The Labute approximate surface area is 156 Å². The Morgan fingerprint density at radius 2 is 1.85 bits per heavy atom. The van der Waals surface area contributed by atoms with Crippen molar-refractivity contribution in [1.82, 2.24) is 15.6 Å². The number of amides is 2. The van der Waals surface area contributed by atoms with Crippen LogP contribution in [-0.4, -0.2) is 11.0 Å². The Morgan fingerprint density at radius 3 is 2.56 bits per heavy atom. The molecule has 27 heavy (non-hydrogen) atoms. The quantitative estimate of drug-likeness (QED) is 0.655. The highest BCUT2D eigenvalue weighted by molar-refractivity contribution is 5.86. The van der Waals surface area contributed by atoms with Crippen molar-refractivity contribution in [2.75, 3.05) is 0 Å². The summed E-state index contributed by atoms with van der Waals surface area (Å²) in [7, 11) is 0. The highest BCUT2D eigenvalue weighted by atomic mass is 19.1. The zero-order valence-corrected chi connectivity index (χ0v) is 15.5. The standard InChI is InChI=1S/C21H22FN3O2/c1-12-10-15(8-9-18(12)22)11-23-21(27)25-14(3)19-13(2)24-20(26)17-7-5-4-6-16(17)19/h4-10,14H,11H2,1-3H3,(H,24,26)(H2,23,25,27)/t14-/m1/s1. The minimum absolute atomic E-state index is 0.143. The number of carbonyl (C=O) groups excluding carboxylic acids is 1. The Kier molecular flexibility index (Phi) is 5.26. The molecule has 0 unspecified atom stereocenters. The van der Waals surface area contributed by atoms with E-state index in [4.69, 9.17) is 0 Å². The number of pyridine rings is 1. The summed E-state index contributed by atoms with van der Waals surface area (Å²) in [6, 6.07) is 11.4. The first-order chi connectivity index (χ1) is 12.9. The highest BCUT2D eigenvalue weighted by Gasteiger charge is 2.16. The molecular weight excluding hydrogens is 345 g/mol. The summed E-state index contributed by atoms with van der Waals surface area (Å²) in [4.78, 5) is 27.3. The molecule has 3 aromatic rings. The lowest BCUT2D eigenvalue weighted by molar-refractivity contribution is 0.237. The van der Waals surface area contributed by atoms with Gasteiger partial charge in [0.2, 0.25) is 0 Å². The van der Waals surface area contributed by atoms with Gasteiger partial charge in [0.05, 0.1) is 6.04 Å². The van der Waals surface area contributed by atoms with E-state index in [9.17, 15) is 14.0 Å². The van der Waals surface area contributed by atoms with E-state index in [2.05, 4.69) is 15.6 Å². The van der Waals surface area contributed by atoms with Gasteiger partial charge in [-0.05, 0) is 49.4 Å². The average molecular weight is 367 g/mol. The maximum atomic E-state index is 13.3. The molecule has 5 nitrogen and oxygen atoms in total. The molecule has 0 saturated carbocycles. The number of rotatable bonds is 4. The van der Waals surface area contributed by atoms with Gasteiger partial charge in [-0.15, -0.1) is 0 Å². The van der Waals surface area contributed by atoms with Gasteiger partial charge >= 0.3 is 6.03 Å². The molecule has 0 radical (unpaired) electrons. The Bertz CT molecular complexity index is 1060. The second-order valence-electron chi connectivity index (χ2n) is 6.67. The van der Waals surface area contributed by atoms with E-state index in [1.165, 1.54) is 6.07 Å². The van der Waals surface area contributed by atoms with Crippen LogP contribution in [0, 0.1) is 19.7 Å². The molecule has 3 rings (SSSR count). The molecule has 2 aromatic carbocycles. The van der Waals surface area contributed by atoms with Crippen LogP contribution < -0.4 is 16.2 Å². The summed E-state index contributed by atoms with van der Waals surface area (Å²) >= 11 is 0. The molecule has 0 aliphatic rings. The van der Waals surface area contributed by atoms with Gasteiger partial charge in [-0.25, -0.2) is 9.18 Å². The predicted molar refractivity (Wildman–Crippen MR) is 104 cm³/mol. The first kappa shape index (κ1) is 18.6. The lowest BCUT2D eigenvalue weighted by Crippen LogP contribution is -2.37. The summed E-state index contributed by atoms with van der Waals surface area (Å²) in [5.74, 6) is -0.266. The van der Waals surface area contributed by atoms with E-state index in [0.717, 1.165) is 22.2 Å². The number of carbonyl (C=O) groups is 1. The SMILES string of the molecule is Cc1cc(CNC(=O)N[C@H](C)c2c(C)[nH]c(=O)c3ccccc23)ccc1F. The highest BCUT2D eigenvalue weighted by Crippen LogP contribution is 2.24. The van der Waals surface area contributed by atoms with Gasteiger partial charge in [0.15, 0.2) is 0 Å². The Hall–Kier alpha value is -3.15. The molecule has 3 N–H and O–H groups in total. The van der Waals surface area contributed by atoms with Gasteiger partial charge in [-0.1, -0.05) is 30.3 Å². The average Bonchev–Trinajstić information content (AvgIpc) is 2.62. The number of urea groups is 1. The molecule has 0 fully saturated rings. The van der Waals surface area contributed by atoms with Gasteiger partial charge in [-0.2, -0.15) is 0 Å². The van der Waals surface area contributed by atoms with Crippen LogP contribution >= 0.6 is 0 Å². The summed E-state index contributed by atoms with van der Waals surface area (Å²) in [6.45, 7) is 5.67. The van der Waals surface area contributed by atoms with Crippen molar-refractivity contribution in [3.05, 3.63) is 81.0 Å². The first-order valence-corrected chi connectivity index (χ1v) is 8.77. The third kappa shape index (κ3) is 4.00. The molecule has 0 aliphatic heterocycles. The molecule has 1 aromatic heterocycles. The lowest BCUT2D eigenvalue weighted by Gasteiger charge is -2.19. The minimum Gasteiger partial charge on any atom is -0.334 e. The number of hydrogen-bond acceptors (Lipinski definition) is 2. The summed E-state index contributed by atoms with van der Waals surface area (Å²) in [5.41, 5.74) is 2.81. The van der Waals surface area contributed by atoms with Crippen LogP contribution in [0.15, 0.2) is 47.3 Å². The van der Waals surface area contributed by atoms with Gasteiger partial charge < -0.3 is 15.6 Å². The fourth-order valence-corrected chi connectivity index (χ4v) is 3.30. The Balaban J connectivity index is 1.74. The maximum absolute atomic E-state index is 13.3. The van der Waals surface area contributed by atoms with Gasteiger partial charge in [0, 0.05) is 23.2 Å². The number of hydrogen-bond donors (Lipinski definition) is 3. The molecule has 0 aliphatic carbocycles. The number of aromatic amines is 1. The van der Waals surface area contributed by atoms with Crippen LogP contribution in [0.4, 0.5) is 9.18 Å². The molecule has 140 valence electrons. The number of aryl methyl sites for hydroxylation is 2. The van der Waals surface area contributed by atoms with Crippen molar-refractivity contribution < 1.29 is 9.18 Å². The van der Waals surface area contributed by atoms with Crippen LogP contribution in [0.2, 0.25) is 0 Å². The second kappa shape index (κ2) is 7.61. The minimum atomic E-state index is -0.334. The maximum Gasteiger partial charge on any atom is 0.315 e. The number of nitrogens with one attached hydrogen (secondary N) is 3. The second-order valence-corrected chi connectivity index (χ2v) is 6.67. The van der Waals surface area contributed by atoms with E-state index in [0.29, 0.717) is 17.5 Å². The molecule has 0 saturated heterocycles. The van der Waals surface area contributed by atoms with E-state index in [1.54, 1.807) is 25.1 Å². The van der Waals surface area contributed by atoms with Crippen LogP contribution in [-0.2, 0) is 6.54 Å². The van der Waals surface area contributed by atoms with Gasteiger partial charge in [-0.3, -0.25) is 4.79 Å². The van der Waals surface area contributed by atoms with Gasteiger partial charge in [0.25, 0.3) is 5.56 Å². The van der Waals surface area contributed by atoms with Crippen molar-refractivity contribution in [2.45, 2.75) is 33.4 Å². The van der Waals surface area contributed by atoms with Crippen molar-refractivity contribution in [3.8, 4) is 0 Å². The number of H-pyrrole nitrogens is 1. The van der Waals surface area contributed by atoms with Crippen molar-refractivity contribution in [3.63, 3.8) is 0 Å². The van der Waals surface area contributed by atoms with Crippen LogP contribution in [0.5, 0.6) is 0 Å². The summed E-state index contributed by atoms with van der Waals surface area (Å²) < 4.78 is 13.3.